The Bertz CT molecular complexity index is 966. The van der Waals surface area contributed by atoms with Crippen LogP contribution in [0.1, 0.15) is 11.3 Å². The molecule has 3 rings (SSSR count). The molecule has 0 saturated heterocycles. The zero-order chi connectivity index (χ0) is 16.4. The molecule has 0 saturated carbocycles. The third-order valence-corrected chi connectivity index (χ3v) is 3.55. The van der Waals surface area contributed by atoms with Crippen molar-refractivity contribution in [1.82, 2.24) is 9.78 Å². The Hall–Kier alpha value is -3.39. The van der Waals surface area contributed by atoms with E-state index in [1.807, 2.05) is 31.2 Å². The zero-order valence-electron chi connectivity index (χ0n) is 12.5. The minimum Gasteiger partial charge on any atom is -0.399 e. The molecule has 2 aromatic carbocycles. The lowest BCUT2D eigenvalue weighted by molar-refractivity contribution is 0.787. The average molecular weight is 302 g/mol. The molecule has 1 aromatic heterocycles. The van der Waals surface area contributed by atoms with Crippen molar-refractivity contribution in [1.29, 1.82) is 5.26 Å². The van der Waals surface area contributed by atoms with Gasteiger partial charge in [-0.15, -0.1) is 0 Å². The SMILES string of the molecule is Cc1nn(-c2ccc(C#N)cc2)c(=O)cc1-c1cccc(N)c1. The highest BCUT2D eigenvalue weighted by Crippen LogP contribution is 2.22. The highest BCUT2D eigenvalue weighted by molar-refractivity contribution is 5.68. The van der Waals surface area contributed by atoms with E-state index in [1.165, 1.54) is 4.68 Å². The van der Waals surface area contributed by atoms with Crippen molar-refractivity contribution in [2.24, 2.45) is 0 Å². The number of nitrogens with zero attached hydrogens (tertiary/aromatic N) is 3. The van der Waals surface area contributed by atoms with Gasteiger partial charge in [0, 0.05) is 17.3 Å². The molecule has 0 atom stereocenters. The fourth-order valence-electron chi connectivity index (χ4n) is 2.40. The Labute approximate surface area is 133 Å². The first-order chi connectivity index (χ1) is 11.1. The zero-order valence-corrected chi connectivity index (χ0v) is 12.5. The van der Waals surface area contributed by atoms with Gasteiger partial charge in [0.25, 0.3) is 5.56 Å². The van der Waals surface area contributed by atoms with Gasteiger partial charge in [-0.25, -0.2) is 0 Å². The van der Waals surface area contributed by atoms with Gasteiger partial charge in [0.1, 0.15) is 0 Å². The van der Waals surface area contributed by atoms with Gasteiger partial charge in [-0.2, -0.15) is 15.0 Å². The predicted octanol–water partition coefficient (Wildman–Crippen LogP) is 2.66. The van der Waals surface area contributed by atoms with Crippen molar-refractivity contribution in [3.05, 3.63) is 76.2 Å². The fraction of sp³-hybridized carbons (Fsp3) is 0.0556. The van der Waals surface area contributed by atoms with Crippen LogP contribution < -0.4 is 11.3 Å². The van der Waals surface area contributed by atoms with E-state index in [-0.39, 0.29) is 5.56 Å². The van der Waals surface area contributed by atoms with Crippen LogP contribution in [0.3, 0.4) is 0 Å². The van der Waals surface area contributed by atoms with Crippen LogP contribution >= 0.6 is 0 Å². The van der Waals surface area contributed by atoms with Crippen LogP contribution in [0, 0.1) is 18.3 Å². The van der Waals surface area contributed by atoms with E-state index in [0.29, 0.717) is 16.9 Å². The van der Waals surface area contributed by atoms with Gasteiger partial charge < -0.3 is 5.73 Å². The third-order valence-electron chi connectivity index (χ3n) is 3.55. The van der Waals surface area contributed by atoms with Crippen molar-refractivity contribution in [3.8, 4) is 22.9 Å². The lowest BCUT2D eigenvalue weighted by Crippen LogP contribution is -2.21. The van der Waals surface area contributed by atoms with Crippen LogP contribution in [-0.4, -0.2) is 9.78 Å². The Morgan fingerprint density at radius 3 is 2.52 bits per heavy atom. The van der Waals surface area contributed by atoms with Gasteiger partial charge >= 0.3 is 0 Å². The summed E-state index contributed by atoms with van der Waals surface area (Å²) in [6, 6.07) is 17.7. The summed E-state index contributed by atoms with van der Waals surface area (Å²) in [4.78, 5) is 12.4. The number of aryl methyl sites for hydroxylation is 1. The number of nitrogens with two attached hydrogens (primary N) is 1. The summed E-state index contributed by atoms with van der Waals surface area (Å²) in [6.07, 6.45) is 0. The minimum atomic E-state index is -0.238. The van der Waals surface area contributed by atoms with Crippen molar-refractivity contribution < 1.29 is 0 Å². The molecule has 0 aliphatic heterocycles. The topological polar surface area (TPSA) is 84.7 Å². The molecule has 112 valence electrons. The number of hydrogen-bond donors (Lipinski definition) is 1. The van der Waals surface area contributed by atoms with Crippen LogP contribution in [0.2, 0.25) is 0 Å². The highest BCUT2D eigenvalue weighted by atomic mass is 16.1. The van der Waals surface area contributed by atoms with Gasteiger partial charge in [-0.1, -0.05) is 12.1 Å². The van der Waals surface area contributed by atoms with Gasteiger partial charge in [-0.05, 0) is 48.9 Å². The Balaban J connectivity index is 2.10. The maximum Gasteiger partial charge on any atom is 0.272 e. The standard InChI is InChI=1S/C18H14N4O/c1-12-17(14-3-2-4-15(20)9-14)10-18(23)22(21-12)16-7-5-13(11-19)6-8-16/h2-10H,20H2,1H3. The number of benzene rings is 2. The molecular formula is C18H14N4O. The summed E-state index contributed by atoms with van der Waals surface area (Å²) in [5, 5.41) is 13.2. The van der Waals surface area contributed by atoms with E-state index in [2.05, 4.69) is 5.10 Å². The van der Waals surface area contributed by atoms with Crippen molar-refractivity contribution in [2.75, 3.05) is 5.73 Å². The lowest BCUT2D eigenvalue weighted by atomic mass is 10.0. The first-order valence-electron chi connectivity index (χ1n) is 7.06. The molecule has 0 fully saturated rings. The Morgan fingerprint density at radius 2 is 1.87 bits per heavy atom. The van der Waals surface area contributed by atoms with Crippen LogP contribution in [0.5, 0.6) is 0 Å². The summed E-state index contributed by atoms with van der Waals surface area (Å²) in [7, 11) is 0. The fourth-order valence-corrected chi connectivity index (χ4v) is 2.40. The van der Waals surface area contributed by atoms with Gasteiger partial charge in [0.2, 0.25) is 0 Å². The summed E-state index contributed by atoms with van der Waals surface area (Å²) in [5.74, 6) is 0. The van der Waals surface area contributed by atoms with Crippen LogP contribution in [0.15, 0.2) is 59.4 Å². The normalized spacial score (nSPS) is 10.3. The van der Waals surface area contributed by atoms with E-state index >= 15 is 0 Å². The van der Waals surface area contributed by atoms with E-state index in [1.54, 1.807) is 36.4 Å². The predicted molar refractivity (Wildman–Crippen MR) is 89.1 cm³/mol. The van der Waals surface area contributed by atoms with Crippen molar-refractivity contribution in [3.63, 3.8) is 0 Å². The third kappa shape index (κ3) is 2.83. The molecule has 1 heterocycles. The number of hydrogen-bond acceptors (Lipinski definition) is 4. The smallest absolute Gasteiger partial charge is 0.272 e. The monoisotopic (exact) mass is 302 g/mol. The van der Waals surface area contributed by atoms with E-state index < -0.39 is 0 Å². The summed E-state index contributed by atoms with van der Waals surface area (Å²) in [6.45, 7) is 1.85. The molecule has 0 spiro atoms. The summed E-state index contributed by atoms with van der Waals surface area (Å²) < 4.78 is 1.33. The average Bonchev–Trinajstić information content (AvgIpc) is 2.57. The number of aromatic nitrogens is 2. The molecule has 0 aliphatic carbocycles. The van der Waals surface area contributed by atoms with Crippen LogP contribution in [0.25, 0.3) is 16.8 Å². The van der Waals surface area contributed by atoms with Crippen molar-refractivity contribution >= 4 is 5.69 Å². The lowest BCUT2D eigenvalue weighted by Gasteiger charge is -2.10. The second kappa shape index (κ2) is 5.78. The molecule has 0 unspecified atom stereocenters. The largest absolute Gasteiger partial charge is 0.399 e. The quantitative estimate of drug-likeness (QED) is 0.737. The van der Waals surface area contributed by atoms with Crippen LogP contribution in [0.4, 0.5) is 5.69 Å². The van der Waals surface area contributed by atoms with E-state index in [9.17, 15) is 4.79 Å². The van der Waals surface area contributed by atoms with Gasteiger partial charge in [-0.3, -0.25) is 4.79 Å². The molecule has 5 heteroatoms. The van der Waals surface area contributed by atoms with E-state index in [4.69, 9.17) is 11.0 Å². The summed E-state index contributed by atoms with van der Waals surface area (Å²) in [5.41, 5.74) is 9.70. The number of nitrogen functional groups attached to an aromatic ring is 1. The maximum atomic E-state index is 12.4. The van der Waals surface area contributed by atoms with Crippen molar-refractivity contribution in [2.45, 2.75) is 6.92 Å². The second-order valence-corrected chi connectivity index (χ2v) is 5.18. The Kier molecular flexibility index (Phi) is 3.65. The molecule has 2 N–H and O–H groups in total. The molecule has 23 heavy (non-hydrogen) atoms. The molecular weight excluding hydrogens is 288 g/mol. The number of anilines is 1. The summed E-state index contributed by atoms with van der Waals surface area (Å²) >= 11 is 0. The molecule has 0 bridgehead atoms. The Morgan fingerprint density at radius 1 is 1.13 bits per heavy atom. The molecule has 3 aromatic rings. The molecule has 5 nitrogen and oxygen atoms in total. The minimum absolute atomic E-state index is 0.238. The highest BCUT2D eigenvalue weighted by Gasteiger charge is 2.09. The van der Waals surface area contributed by atoms with Gasteiger partial charge in [0.15, 0.2) is 0 Å². The first-order valence-corrected chi connectivity index (χ1v) is 7.06. The first kappa shape index (κ1) is 14.5. The number of rotatable bonds is 2. The second-order valence-electron chi connectivity index (χ2n) is 5.18. The number of nitriles is 1. The van der Waals surface area contributed by atoms with Gasteiger partial charge in [0.05, 0.1) is 23.0 Å². The maximum absolute atomic E-state index is 12.4. The molecule has 0 aliphatic rings. The molecule has 0 radical (unpaired) electrons. The van der Waals surface area contributed by atoms with E-state index in [0.717, 1.165) is 16.8 Å². The van der Waals surface area contributed by atoms with Crippen LogP contribution in [-0.2, 0) is 0 Å². The molecule has 0 amide bonds.